The smallest absolute Gasteiger partial charge is 0.0567 e. The molecule has 3 aliphatic carbocycles. The Morgan fingerprint density at radius 2 is 1.75 bits per heavy atom. The zero-order valence-electron chi connectivity index (χ0n) is 18.4. The first-order chi connectivity index (χ1) is 13.7. The maximum Gasteiger partial charge on any atom is 0.0567 e. The van der Waals surface area contributed by atoms with Crippen molar-refractivity contribution in [3.8, 4) is 0 Å². The van der Waals surface area contributed by atoms with E-state index in [0.29, 0.717) is 0 Å². The molecule has 0 radical (unpaired) electrons. The number of fused-ring (bicyclic) bond motifs is 3. The van der Waals surface area contributed by atoms with Crippen molar-refractivity contribution >= 4 is 11.8 Å². The van der Waals surface area contributed by atoms with Gasteiger partial charge in [0.1, 0.15) is 0 Å². The molecule has 0 bridgehead atoms. The van der Waals surface area contributed by atoms with Crippen LogP contribution in [-0.4, -0.2) is 53.1 Å². The minimum Gasteiger partial charge on any atom is -0.306 e. The molecule has 28 heavy (non-hydrogen) atoms. The molecule has 2 nitrogen and oxygen atoms in total. The molecule has 5 atom stereocenters. The van der Waals surface area contributed by atoms with Crippen molar-refractivity contribution in [1.82, 2.24) is 9.80 Å². The number of thioether (sulfide) groups is 1. The summed E-state index contributed by atoms with van der Waals surface area (Å²) < 4.78 is 0. The van der Waals surface area contributed by atoms with Gasteiger partial charge in [-0.05, 0) is 77.4 Å². The van der Waals surface area contributed by atoms with Crippen LogP contribution in [0, 0.1) is 17.8 Å². The van der Waals surface area contributed by atoms with Gasteiger partial charge in [-0.25, -0.2) is 0 Å². The Morgan fingerprint density at radius 3 is 2.50 bits per heavy atom. The highest BCUT2D eigenvalue weighted by Gasteiger charge is 2.46. The Hall–Kier alpha value is -0.250. The molecule has 1 saturated carbocycles. The second kappa shape index (κ2) is 9.71. The van der Waals surface area contributed by atoms with Crippen molar-refractivity contribution in [3.63, 3.8) is 0 Å². The van der Waals surface area contributed by atoms with E-state index in [0.717, 1.165) is 40.5 Å². The Morgan fingerprint density at radius 1 is 0.964 bits per heavy atom. The van der Waals surface area contributed by atoms with E-state index in [9.17, 15) is 0 Å². The molecular formula is C25H42N2S. The van der Waals surface area contributed by atoms with E-state index in [4.69, 9.17) is 0 Å². The molecule has 1 saturated heterocycles. The maximum absolute atomic E-state index is 2.87. The van der Waals surface area contributed by atoms with Crippen LogP contribution < -0.4 is 0 Å². The monoisotopic (exact) mass is 402 g/mol. The molecule has 4 rings (SSSR count). The summed E-state index contributed by atoms with van der Waals surface area (Å²) in [5, 5.41) is 1.48. The van der Waals surface area contributed by atoms with Crippen LogP contribution in [0.4, 0.5) is 0 Å². The highest BCUT2D eigenvalue weighted by molar-refractivity contribution is 8.00. The molecular weight excluding hydrogens is 360 g/mol. The van der Waals surface area contributed by atoms with Crippen molar-refractivity contribution in [2.75, 3.05) is 20.6 Å². The van der Waals surface area contributed by atoms with Gasteiger partial charge in [0.15, 0.2) is 0 Å². The topological polar surface area (TPSA) is 6.48 Å². The molecule has 158 valence electrons. The van der Waals surface area contributed by atoms with Gasteiger partial charge in [0.2, 0.25) is 0 Å². The number of hydrogen-bond donors (Lipinski definition) is 0. The van der Waals surface area contributed by atoms with Gasteiger partial charge in [-0.3, -0.25) is 4.90 Å². The third kappa shape index (κ3) is 4.57. The van der Waals surface area contributed by atoms with Crippen LogP contribution >= 0.6 is 11.8 Å². The summed E-state index contributed by atoms with van der Waals surface area (Å²) in [7, 11) is 4.50. The molecule has 0 aromatic rings. The van der Waals surface area contributed by atoms with E-state index in [1.165, 1.54) is 70.8 Å². The number of hydrogen-bond acceptors (Lipinski definition) is 3. The largest absolute Gasteiger partial charge is 0.306 e. The highest BCUT2D eigenvalue weighted by atomic mass is 32.2. The van der Waals surface area contributed by atoms with Gasteiger partial charge in [0, 0.05) is 23.3 Å². The molecule has 5 unspecified atom stereocenters. The van der Waals surface area contributed by atoms with E-state index in [1.807, 2.05) is 0 Å². The molecule has 2 fully saturated rings. The Labute approximate surface area is 178 Å². The van der Waals surface area contributed by atoms with Crippen molar-refractivity contribution in [3.05, 3.63) is 24.3 Å². The number of unbranched alkanes of at least 4 members (excludes halogenated alkanes) is 1. The maximum atomic E-state index is 2.87. The summed E-state index contributed by atoms with van der Waals surface area (Å²) in [5.74, 6) is 2.58. The van der Waals surface area contributed by atoms with E-state index >= 15 is 0 Å². The molecule has 0 spiro atoms. The summed E-state index contributed by atoms with van der Waals surface area (Å²) in [6.07, 6.45) is 24.3. The van der Waals surface area contributed by atoms with Crippen molar-refractivity contribution in [2.45, 2.75) is 93.8 Å². The van der Waals surface area contributed by atoms with Crippen LogP contribution in [0.3, 0.4) is 0 Å². The van der Waals surface area contributed by atoms with Gasteiger partial charge in [-0.15, -0.1) is 11.8 Å². The fourth-order valence-corrected chi connectivity index (χ4v) is 8.18. The lowest BCUT2D eigenvalue weighted by molar-refractivity contribution is 0.139. The number of nitrogens with zero attached hydrogens (tertiary/aromatic N) is 2. The van der Waals surface area contributed by atoms with Crippen LogP contribution in [0.15, 0.2) is 24.3 Å². The van der Waals surface area contributed by atoms with Crippen LogP contribution in [0.25, 0.3) is 0 Å². The fraction of sp³-hybridized carbons (Fsp3) is 0.840. The molecule has 3 heteroatoms. The quantitative estimate of drug-likeness (QED) is 0.384. The van der Waals surface area contributed by atoms with Crippen molar-refractivity contribution < 1.29 is 0 Å². The van der Waals surface area contributed by atoms with Crippen LogP contribution in [0.2, 0.25) is 0 Å². The molecule has 0 aromatic heterocycles. The molecule has 1 heterocycles. The second-order valence-electron chi connectivity index (χ2n) is 9.93. The average Bonchev–Trinajstić information content (AvgIpc) is 3.09. The lowest BCUT2D eigenvalue weighted by atomic mass is 9.74. The predicted octanol–water partition coefficient (Wildman–Crippen LogP) is 5.95. The van der Waals surface area contributed by atoms with Gasteiger partial charge in [0.05, 0.1) is 5.37 Å². The van der Waals surface area contributed by atoms with Crippen LogP contribution in [-0.2, 0) is 0 Å². The summed E-state index contributed by atoms with van der Waals surface area (Å²) in [6.45, 7) is 3.61. The molecule has 4 aliphatic rings. The van der Waals surface area contributed by atoms with Gasteiger partial charge in [0.25, 0.3) is 0 Å². The predicted molar refractivity (Wildman–Crippen MR) is 124 cm³/mol. The molecule has 0 amide bonds. The van der Waals surface area contributed by atoms with E-state index in [2.05, 4.69) is 66.9 Å². The highest BCUT2D eigenvalue weighted by Crippen LogP contribution is 2.48. The minimum absolute atomic E-state index is 0.732. The Kier molecular flexibility index (Phi) is 7.28. The second-order valence-corrected chi connectivity index (χ2v) is 11.3. The summed E-state index contributed by atoms with van der Waals surface area (Å²) in [6, 6.07) is 1.60. The van der Waals surface area contributed by atoms with E-state index in [-0.39, 0.29) is 0 Å². The van der Waals surface area contributed by atoms with Gasteiger partial charge >= 0.3 is 0 Å². The third-order valence-electron chi connectivity index (χ3n) is 8.09. The van der Waals surface area contributed by atoms with Crippen molar-refractivity contribution in [2.24, 2.45) is 17.8 Å². The van der Waals surface area contributed by atoms with Gasteiger partial charge in [-0.2, -0.15) is 0 Å². The lowest BCUT2D eigenvalue weighted by Crippen LogP contribution is -2.47. The average molecular weight is 403 g/mol. The SMILES string of the molecule is CCN1C(CCCCC2CCC(N(C)C)CC2)SC2C=CC3CCC=CC3C21. The first kappa shape index (κ1) is 21.0. The zero-order valence-corrected chi connectivity index (χ0v) is 19.2. The first-order valence-electron chi connectivity index (χ1n) is 12.1. The number of rotatable bonds is 7. The minimum atomic E-state index is 0.732. The molecule has 0 aromatic carbocycles. The Bertz CT molecular complexity index is 549. The summed E-state index contributed by atoms with van der Waals surface area (Å²) in [5.41, 5.74) is 0. The van der Waals surface area contributed by atoms with Gasteiger partial charge in [-0.1, -0.05) is 50.5 Å². The lowest BCUT2D eigenvalue weighted by Gasteiger charge is -2.40. The summed E-state index contributed by atoms with van der Waals surface area (Å²) in [4.78, 5) is 5.31. The normalized spacial score (nSPS) is 40.6. The van der Waals surface area contributed by atoms with E-state index in [1.54, 1.807) is 0 Å². The van der Waals surface area contributed by atoms with Gasteiger partial charge < -0.3 is 4.90 Å². The van der Waals surface area contributed by atoms with E-state index < -0.39 is 0 Å². The van der Waals surface area contributed by atoms with Crippen LogP contribution in [0.1, 0.15) is 71.1 Å². The Balaban J connectivity index is 1.23. The van der Waals surface area contributed by atoms with Crippen molar-refractivity contribution in [1.29, 1.82) is 0 Å². The summed E-state index contributed by atoms with van der Waals surface area (Å²) >= 11 is 2.27. The fourth-order valence-electron chi connectivity index (χ4n) is 6.39. The van der Waals surface area contributed by atoms with Crippen LogP contribution in [0.5, 0.6) is 0 Å². The first-order valence-corrected chi connectivity index (χ1v) is 13.0. The zero-order chi connectivity index (χ0) is 19.5. The number of allylic oxidation sites excluding steroid dienone is 2. The standard InChI is InChI=1S/C25H42N2S/c1-4-27-24(12-8-5-9-19-13-16-21(17-14-19)26(2)3)28-23-18-15-20-10-6-7-11-22(20)25(23)27/h7,11,15,18-25H,4-6,8-10,12-14,16-17H2,1-3H3. The molecule has 0 N–H and O–H groups in total. The molecule has 1 aliphatic heterocycles. The third-order valence-corrected chi connectivity index (χ3v) is 9.66.